The quantitative estimate of drug-likeness (QED) is 0.856. The summed E-state index contributed by atoms with van der Waals surface area (Å²) in [5.41, 5.74) is 3.54. The van der Waals surface area contributed by atoms with E-state index in [-0.39, 0.29) is 0 Å². The molecule has 1 heterocycles. The summed E-state index contributed by atoms with van der Waals surface area (Å²) in [7, 11) is 0. The molecule has 2 nitrogen and oxygen atoms in total. The number of fused-ring (bicyclic) bond motifs is 1. The van der Waals surface area contributed by atoms with E-state index in [0.29, 0.717) is 17.5 Å². The number of nitrogens with one attached hydrogen (secondary N) is 2. The number of hydrogen-bond acceptors (Lipinski definition) is 2. The van der Waals surface area contributed by atoms with Gasteiger partial charge in [0.1, 0.15) is 0 Å². The maximum atomic E-state index is 3.95. The molecule has 0 spiro atoms. The molecule has 0 bridgehead atoms. The van der Waals surface area contributed by atoms with Crippen LogP contribution in [0.1, 0.15) is 63.1 Å². The summed E-state index contributed by atoms with van der Waals surface area (Å²) in [6.45, 7) is 6.96. The fourth-order valence-electron chi connectivity index (χ4n) is 3.68. The van der Waals surface area contributed by atoms with E-state index in [2.05, 4.69) is 48.7 Å². The first-order valence-corrected chi connectivity index (χ1v) is 8.19. The Labute approximate surface area is 123 Å². The molecule has 0 amide bonds. The lowest BCUT2D eigenvalue weighted by molar-refractivity contribution is 0.197. The van der Waals surface area contributed by atoms with Crippen LogP contribution in [0.3, 0.4) is 0 Å². The van der Waals surface area contributed by atoms with Crippen LogP contribution in [-0.2, 0) is 6.54 Å². The van der Waals surface area contributed by atoms with Crippen LogP contribution in [0.25, 0.3) is 0 Å². The topological polar surface area (TPSA) is 24.1 Å². The molecule has 2 N–H and O–H groups in total. The normalized spacial score (nSPS) is 26.8. The molecule has 110 valence electrons. The summed E-state index contributed by atoms with van der Waals surface area (Å²) >= 11 is 0. The van der Waals surface area contributed by atoms with Gasteiger partial charge in [-0.25, -0.2) is 0 Å². The third-order valence-corrected chi connectivity index (χ3v) is 5.13. The molecule has 1 atom stereocenters. The van der Waals surface area contributed by atoms with Crippen LogP contribution in [0.4, 0.5) is 0 Å². The molecular formula is C18H28N2. The van der Waals surface area contributed by atoms with Gasteiger partial charge in [0.2, 0.25) is 0 Å². The highest BCUT2D eigenvalue weighted by molar-refractivity contribution is 5.31. The van der Waals surface area contributed by atoms with E-state index in [0.717, 1.165) is 13.1 Å². The van der Waals surface area contributed by atoms with Crippen molar-refractivity contribution in [1.29, 1.82) is 0 Å². The third kappa shape index (κ3) is 3.24. The predicted octanol–water partition coefficient (Wildman–Crippen LogP) is 3.78. The Balaban J connectivity index is 1.68. The summed E-state index contributed by atoms with van der Waals surface area (Å²) < 4.78 is 0. The Hall–Kier alpha value is -0.860. The first kappa shape index (κ1) is 14.1. The minimum absolute atomic E-state index is 0.535. The van der Waals surface area contributed by atoms with Gasteiger partial charge in [0.25, 0.3) is 0 Å². The van der Waals surface area contributed by atoms with Gasteiger partial charge < -0.3 is 10.6 Å². The molecule has 1 aromatic rings. The van der Waals surface area contributed by atoms with Crippen LogP contribution >= 0.6 is 0 Å². The molecule has 0 saturated heterocycles. The highest BCUT2D eigenvalue weighted by Gasteiger charge is 2.29. The zero-order valence-corrected chi connectivity index (χ0v) is 12.9. The second-order valence-electron chi connectivity index (χ2n) is 7.32. The Bertz CT molecular complexity index is 442. The summed E-state index contributed by atoms with van der Waals surface area (Å²) in [5, 5.41) is 7.50. The van der Waals surface area contributed by atoms with Gasteiger partial charge in [-0.1, -0.05) is 38.1 Å². The minimum atomic E-state index is 0.535. The van der Waals surface area contributed by atoms with Gasteiger partial charge in [0.05, 0.1) is 0 Å². The molecular weight excluding hydrogens is 244 g/mol. The molecule has 2 heteroatoms. The molecule has 3 rings (SSSR count). The standard InChI is InChI=1S/C18H28N2/c1-18(2)10-7-15(8-11-18)20-17-9-12-19-13-14-5-3-4-6-16(14)17/h3-6,15,17,19-20H,7-13H2,1-2H3. The van der Waals surface area contributed by atoms with Crippen molar-refractivity contribution in [3.05, 3.63) is 35.4 Å². The van der Waals surface area contributed by atoms with Crippen LogP contribution in [-0.4, -0.2) is 12.6 Å². The lowest BCUT2D eigenvalue weighted by Gasteiger charge is -2.36. The van der Waals surface area contributed by atoms with Crippen molar-refractivity contribution in [1.82, 2.24) is 10.6 Å². The lowest BCUT2D eigenvalue weighted by Crippen LogP contribution is -2.38. The van der Waals surface area contributed by atoms with Crippen molar-refractivity contribution in [3.8, 4) is 0 Å². The molecule has 1 aromatic carbocycles. The Morgan fingerprint density at radius 2 is 1.85 bits per heavy atom. The van der Waals surface area contributed by atoms with Crippen molar-refractivity contribution in [2.24, 2.45) is 5.41 Å². The maximum Gasteiger partial charge on any atom is 0.0337 e. The molecule has 1 unspecified atom stereocenters. The molecule has 20 heavy (non-hydrogen) atoms. The summed E-state index contributed by atoms with van der Waals surface area (Å²) in [6, 6.07) is 10.2. The van der Waals surface area contributed by atoms with Crippen molar-refractivity contribution < 1.29 is 0 Å². The summed E-state index contributed by atoms with van der Waals surface area (Å²) in [6.07, 6.45) is 6.59. The largest absolute Gasteiger partial charge is 0.313 e. The zero-order chi connectivity index (χ0) is 14.0. The van der Waals surface area contributed by atoms with E-state index in [1.807, 2.05) is 0 Å². The van der Waals surface area contributed by atoms with Crippen LogP contribution in [0.15, 0.2) is 24.3 Å². The predicted molar refractivity (Wildman–Crippen MR) is 84.7 cm³/mol. The first-order chi connectivity index (χ1) is 9.64. The smallest absolute Gasteiger partial charge is 0.0337 e. The monoisotopic (exact) mass is 272 g/mol. The fourth-order valence-corrected chi connectivity index (χ4v) is 3.68. The molecule has 0 aromatic heterocycles. The molecule has 0 radical (unpaired) electrons. The molecule has 1 fully saturated rings. The lowest BCUT2D eigenvalue weighted by atomic mass is 9.75. The van der Waals surface area contributed by atoms with Gasteiger partial charge in [0, 0.05) is 18.6 Å². The van der Waals surface area contributed by atoms with Gasteiger partial charge in [-0.05, 0) is 55.2 Å². The minimum Gasteiger partial charge on any atom is -0.313 e. The number of hydrogen-bond donors (Lipinski definition) is 2. The van der Waals surface area contributed by atoms with E-state index in [1.54, 1.807) is 0 Å². The average molecular weight is 272 g/mol. The van der Waals surface area contributed by atoms with Crippen molar-refractivity contribution >= 4 is 0 Å². The highest BCUT2D eigenvalue weighted by atomic mass is 15.0. The van der Waals surface area contributed by atoms with Gasteiger partial charge >= 0.3 is 0 Å². The molecule has 2 aliphatic rings. The van der Waals surface area contributed by atoms with E-state index in [1.165, 1.54) is 43.2 Å². The second kappa shape index (κ2) is 5.87. The van der Waals surface area contributed by atoms with Crippen molar-refractivity contribution in [2.45, 2.75) is 64.6 Å². The van der Waals surface area contributed by atoms with E-state index in [4.69, 9.17) is 0 Å². The van der Waals surface area contributed by atoms with Crippen molar-refractivity contribution in [2.75, 3.05) is 6.54 Å². The maximum absolute atomic E-state index is 3.95. The van der Waals surface area contributed by atoms with Crippen LogP contribution < -0.4 is 10.6 Å². The number of rotatable bonds is 2. The SMILES string of the molecule is CC1(C)CCC(NC2CCNCc3ccccc32)CC1. The van der Waals surface area contributed by atoms with Crippen LogP contribution in [0.5, 0.6) is 0 Å². The van der Waals surface area contributed by atoms with E-state index in [9.17, 15) is 0 Å². The van der Waals surface area contributed by atoms with E-state index < -0.39 is 0 Å². The third-order valence-electron chi connectivity index (χ3n) is 5.13. The molecule has 1 aliphatic carbocycles. The first-order valence-electron chi connectivity index (χ1n) is 8.19. The molecule has 1 aliphatic heterocycles. The molecule has 1 saturated carbocycles. The second-order valence-corrected chi connectivity index (χ2v) is 7.32. The average Bonchev–Trinajstić information content (AvgIpc) is 2.64. The Morgan fingerprint density at radius 3 is 2.65 bits per heavy atom. The van der Waals surface area contributed by atoms with E-state index >= 15 is 0 Å². The van der Waals surface area contributed by atoms with Gasteiger partial charge in [-0.15, -0.1) is 0 Å². The van der Waals surface area contributed by atoms with Crippen LogP contribution in [0.2, 0.25) is 0 Å². The van der Waals surface area contributed by atoms with Gasteiger partial charge in [-0.3, -0.25) is 0 Å². The highest BCUT2D eigenvalue weighted by Crippen LogP contribution is 2.36. The summed E-state index contributed by atoms with van der Waals surface area (Å²) in [4.78, 5) is 0. The zero-order valence-electron chi connectivity index (χ0n) is 12.9. The summed E-state index contributed by atoms with van der Waals surface area (Å²) in [5.74, 6) is 0. The Morgan fingerprint density at radius 1 is 1.10 bits per heavy atom. The van der Waals surface area contributed by atoms with Gasteiger partial charge in [0.15, 0.2) is 0 Å². The number of benzene rings is 1. The fraction of sp³-hybridized carbons (Fsp3) is 0.667. The Kier molecular flexibility index (Phi) is 4.13. The van der Waals surface area contributed by atoms with Gasteiger partial charge in [-0.2, -0.15) is 0 Å². The van der Waals surface area contributed by atoms with Crippen LogP contribution in [0, 0.1) is 5.41 Å². The van der Waals surface area contributed by atoms with Crippen molar-refractivity contribution in [3.63, 3.8) is 0 Å².